The number of hydrogen-bond donors (Lipinski definition) is 2. The Morgan fingerprint density at radius 2 is 2.11 bits per heavy atom. The van der Waals surface area contributed by atoms with Gasteiger partial charge >= 0.3 is 12.1 Å². The fourth-order valence-electron chi connectivity index (χ4n) is 3.79. The lowest BCUT2D eigenvalue weighted by Gasteiger charge is -2.21. The van der Waals surface area contributed by atoms with Gasteiger partial charge in [0.05, 0.1) is 0 Å². The molecule has 27 heavy (non-hydrogen) atoms. The van der Waals surface area contributed by atoms with Crippen LogP contribution >= 0.6 is 0 Å². The Kier molecular flexibility index (Phi) is 4.33. The first-order valence-electron chi connectivity index (χ1n) is 8.62. The second kappa shape index (κ2) is 6.56. The number of ether oxygens (including phenoxy) is 1. The summed E-state index contributed by atoms with van der Waals surface area (Å²) >= 11 is 0. The third-order valence-corrected chi connectivity index (χ3v) is 5.04. The molecule has 1 aromatic carbocycles. The van der Waals surface area contributed by atoms with Crippen molar-refractivity contribution in [1.29, 1.82) is 0 Å². The minimum atomic E-state index is -4.62. The number of fused-ring (bicyclic) bond motifs is 3. The van der Waals surface area contributed by atoms with Crippen molar-refractivity contribution in [3.63, 3.8) is 0 Å². The molecule has 0 spiro atoms. The van der Waals surface area contributed by atoms with Gasteiger partial charge in [0.2, 0.25) is 0 Å². The van der Waals surface area contributed by atoms with Gasteiger partial charge in [-0.25, -0.2) is 4.79 Å². The molecular formula is C18H17F3N2O4. The van der Waals surface area contributed by atoms with E-state index in [4.69, 9.17) is 4.42 Å². The molecular weight excluding hydrogens is 365 g/mol. The fourth-order valence-corrected chi connectivity index (χ4v) is 3.79. The van der Waals surface area contributed by atoms with E-state index in [9.17, 15) is 22.8 Å². The van der Waals surface area contributed by atoms with Crippen LogP contribution in [0.25, 0.3) is 11.0 Å². The number of rotatable bonds is 4. The number of hydrogen-bond acceptors (Lipinski definition) is 5. The predicted octanol–water partition coefficient (Wildman–Crippen LogP) is 2.77. The van der Waals surface area contributed by atoms with E-state index >= 15 is 0 Å². The van der Waals surface area contributed by atoms with Gasteiger partial charge in [0.25, 0.3) is 5.91 Å². The molecule has 1 amide bonds. The van der Waals surface area contributed by atoms with Gasteiger partial charge < -0.3 is 19.8 Å². The number of esters is 1. The molecule has 2 fully saturated rings. The molecule has 2 aliphatic heterocycles. The third kappa shape index (κ3) is 3.64. The monoisotopic (exact) mass is 382 g/mol. The number of furan rings is 1. The summed E-state index contributed by atoms with van der Waals surface area (Å²) in [6, 6.07) is 5.24. The number of benzene rings is 1. The lowest BCUT2D eigenvalue weighted by atomic mass is 9.95. The first-order valence-corrected chi connectivity index (χ1v) is 8.62. The van der Waals surface area contributed by atoms with Gasteiger partial charge in [-0.15, -0.1) is 0 Å². The van der Waals surface area contributed by atoms with Crippen LogP contribution in [0.1, 0.15) is 40.0 Å². The largest absolute Gasteiger partial charge is 0.463 e. The average Bonchev–Trinajstić information content (AvgIpc) is 3.33. The maximum absolute atomic E-state index is 12.5. The Hall–Kier alpha value is -2.55. The normalized spacial score (nSPS) is 24.3. The summed E-state index contributed by atoms with van der Waals surface area (Å²) in [6.07, 6.45) is -0.577. The predicted molar refractivity (Wildman–Crippen MR) is 88.4 cm³/mol. The van der Waals surface area contributed by atoms with E-state index in [0.717, 1.165) is 25.5 Å². The number of amides is 1. The minimum Gasteiger partial charge on any atom is -0.463 e. The molecule has 1 aromatic heterocycles. The van der Waals surface area contributed by atoms with Crippen molar-refractivity contribution in [2.45, 2.75) is 43.6 Å². The molecule has 6 nitrogen and oxygen atoms in total. The van der Waals surface area contributed by atoms with Gasteiger partial charge in [-0.1, -0.05) is 0 Å². The maximum Gasteiger partial charge on any atom is 0.422 e. The van der Waals surface area contributed by atoms with Crippen LogP contribution in [0.5, 0.6) is 0 Å². The van der Waals surface area contributed by atoms with Crippen LogP contribution < -0.4 is 10.6 Å². The molecule has 3 atom stereocenters. The lowest BCUT2D eigenvalue weighted by molar-refractivity contribution is -0.161. The quantitative estimate of drug-likeness (QED) is 0.795. The zero-order valence-corrected chi connectivity index (χ0v) is 14.1. The van der Waals surface area contributed by atoms with Gasteiger partial charge in [-0.05, 0) is 37.5 Å². The molecule has 0 radical (unpaired) electrons. The Morgan fingerprint density at radius 1 is 1.30 bits per heavy atom. The molecule has 4 rings (SSSR count). The molecule has 2 bridgehead atoms. The number of halogens is 3. The van der Waals surface area contributed by atoms with E-state index in [-0.39, 0.29) is 34.5 Å². The van der Waals surface area contributed by atoms with Crippen molar-refractivity contribution in [1.82, 2.24) is 10.6 Å². The van der Waals surface area contributed by atoms with Crippen molar-refractivity contribution in [3.05, 3.63) is 35.6 Å². The van der Waals surface area contributed by atoms with Crippen LogP contribution in [0.3, 0.4) is 0 Å². The Bertz CT molecular complexity index is 892. The highest BCUT2D eigenvalue weighted by atomic mass is 19.4. The first-order chi connectivity index (χ1) is 12.8. The SMILES string of the molecule is O=C(N[C@@H]1C[C@H]2CC[C@@H]1N2)c1ccc2occ(C(=O)OCC(F)(F)F)c2c1. The van der Waals surface area contributed by atoms with Crippen molar-refractivity contribution in [3.8, 4) is 0 Å². The molecule has 0 saturated carbocycles. The molecule has 2 aliphatic rings. The van der Waals surface area contributed by atoms with E-state index in [1.807, 2.05) is 0 Å². The molecule has 0 aliphatic carbocycles. The van der Waals surface area contributed by atoms with E-state index in [2.05, 4.69) is 15.4 Å². The fraction of sp³-hybridized carbons (Fsp3) is 0.444. The maximum atomic E-state index is 12.5. The van der Waals surface area contributed by atoms with Gasteiger partial charge in [0.1, 0.15) is 17.4 Å². The molecule has 144 valence electrons. The number of carbonyl (C=O) groups excluding carboxylic acids is 2. The van der Waals surface area contributed by atoms with Crippen LogP contribution in [0, 0.1) is 0 Å². The van der Waals surface area contributed by atoms with Crippen molar-refractivity contribution >= 4 is 22.8 Å². The summed E-state index contributed by atoms with van der Waals surface area (Å²) in [7, 11) is 0. The van der Waals surface area contributed by atoms with Crippen LogP contribution in [-0.2, 0) is 4.74 Å². The summed E-state index contributed by atoms with van der Waals surface area (Å²) in [5.41, 5.74) is 0.439. The van der Waals surface area contributed by atoms with Crippen molar-refractivity contribution < 1.29 is 31.9 Å². The Labute approximate surface area is 152 Å². The van der Waals surface area contributed by atoms with E-state index in [1.54, 1.807) is 6.07 Å². The van der Waals surface area contributed by atoms with Crippen LogP contribution in [0.2, 0.25) is 0 Å². The highest BCUT2D eigenvalue weighted by molar-refractivity contribution is 6.06. The minimum absolute atomic E-state index is 0.0486. The summed E-state index contributed by atoms with van der Waals surface area (Å²) in [5, 5.41) is 6.64. The summed E-state index contributed by atoms with van der Waals surface area (Å²) < 4.78 is 46.2. The zero-order chi connectivity index (χ0) is 19.2. The molecule has 2 aromatic rings. The summed E-state index contributed by atoms with van der Waals surface area (Å²) in [6.45, 7) is -1.68. The number of carbonyl (C=O) groups is 2. The summed E-state index contributed by atoms with van der Waals surface area (Å²) in [5.74, 6) is -1.45. The number of alkyl halides is 3. The Morgan fingerprint density at radius 3 is 2.78 bits per heavy atom. The number of nitrogens with one attached hydrogen (secondary N) is 2. The zero-order valence-electron chi connectivity index (χ0n) is 14.1. The lowest BCUT2D eigenvalue weighted by Crippen LogP contribution is -2.42. The average molecular weight is 382 g/mol. The van der Waals surface area contributed by atoms with Gasteiger partial charge in [-0.3, -0.25) is 4.79 Å². The highest BCUT2D eigenvalue weighted by Gasteiger charge is 2.39. The molecule has 0 unspecified atom stereocenters. The molecule has 2 N–H and O–H groups in total. The highest BCUT2D eigenvalue weighted by Crippen LogP contribution is 2.29. The van der Waals surface area contributed by atoms with Gasteiger partial charge in [0.15, 0.2) is 6.61 Å². The third-order valence-electron chi connectivity index (χ3n) is 5.04. The summed E-state index contributed by atoms with van der Waals surface area (Å²) in [4.78, 5) is 24.5. The first kappa shape index (κ1) is 17.8. The smallest absolute Gasteiger partial charge is 0.422 e. The van der Waals surface area contributed by atoms with Crippen molar-refractivity contribution in [2.24, 2.45) is 0 Å². The van der Waals surface area contributed by atoms with E-state index < -0.39 is 18.8 Å². The van der Waals surface area contributed by atoms with E-state index in [0.29, 0.717) is 11.6 Å². The second-order valence-corrected chi connectivity index (χ2v) is 6.91. The molecule has 9 heteroatoms. The van der Waals surface area contributed by atoms with Crippen LogP contribution in [0.4, 0.5) is 13.2 Å². The standard InChI is InChI=1S/C18H17F3N2O4/c19-18(20,21)8-27-17(25)12-7-26-15-4-1-9(5-11(12)15)16(24)23-14-6-10-2-3-13(14)22-10/h1,4-5,7,10,13-14,22H,2-3,6,8H2,(H,23,24)/t10-,13+,14-/m1/s1. The van der Waals surface area contributed by atoms with Crippen LogP contribution in [0.15, 0.2) is 28.9 Å². The molecule has 2 saturated heterocycles. The molecule has 3 heterocycles. The van der Waals surface area contributed by atoms with Gasteiger partial charge in [-0.2, -0.15) is 13.2 Å². The van der Waals surface area contributed by atoms with Gasteiger partial charge in [0, 0.05) is 29.1 Å². The Balaban J connectivity index is 1.51. The second-order valence-electron chi connectivity index (χ2n) is 6.91. The van der Waals surface area contributed by atoms with Crippen LogP contribution in [-0.4, -0.2) is 42.8 Å². The van der Waals surface area contributed by atoms with Crippen molar-refractivity contribution in [2.75, 3.05) is 6.61 Å². The topological polar surface area (TPSA) is 80.6 Å². The van der Waals surface area contributed by atoms with E-state index in [1.165, 1.54) is 12.1 Å².